The van der Waals surface area contributed by atoms with Gasteiger partial charge in [-0.15, -0.1) is 5.06 Å². The van der Waals surface area contributed by atoms with Gasteiger partial charge in [0.1, 0.15) is 12.4 Å². The molecule has 2 rings (SSSR count). The number of rotatable bonds is 12. The highest BCUT2D eigenvalue weighted by Gasteiger charge is 2.30. The van der Waals surface area contributed by atoms with Crippen molar-refractivity contribution in [3.63, 3.8) is 0 Å². The summed E-state index contributed by atoms with van der Waals surface area (Å²) < 4.78 is 14.9. The second-order valence-electron chi connectivity index (χ2n) is 6.50. The van der Waals surface area contributed by atoms with Crippen LogP contribution in [0.2, 0.25) is 0 Å². The predicted octanol–water partition coefficient (Wildman–Crippen LogP) is 1.89. The summed E-state index contributed by atoms with van der Waals surface area (Å²) in [5, 5.41) is 13.8. The highest BCUT2D eigenvalue weighted by atomic mass is 16.8. The fourth-order valence-corrected chi connectivity index (χ4v) is 2.69. The summed E-state index contributed by atoms with van der Waals surface area (Å²) in [5.41, 5.74) is 1.82. The number of hydroxylamine groups is 2. The van der Waals surface area contributed by atoms with E-state index in [1.807, 2.05) is 42.5 Å². The molecule has 0 saturated heterocycles. The molecule has 2 aromatic carbocycles. The molecule has 2 N–H and O–H groups in total. The molecule has 0 saturated carbocycles. The smallest absolute Gasteiger partial charge is 0.497 e. The number of methoxy groups -OCH3 is 2. The van der Waals surface area contributed by atoms with Crippen molar-refractivity contribution in [2.24, 2.45) is 0 Å². The summed E-state index contributed by atoms with van der Waals surface area (Å²) in [6.07, 6.45) is -0.985. The summed E-state index contributed by atoms with van der Waals surface area (Å²) in [6.45, 7) is 0.475. The standard InChI is InChI=1S/C22H28N2O7/c1-28-19-10-8-17(9-11-19)14-23-12-13-24(20(15-25)21(26)29-2)31-22(27)30-16-18-6-4-3-5-7-18/h3-11,20,23,25H,12-16H2,1-2H3/t20-/m1/s1. The Kier molecular flexibility index (Phi) is 10.3. The minimum atomic E-state index is -1.17. The summed E-state index contributed by atoms with van der Waals surface area (Å²) in [6, 6.07) is 15.5. The van der Waals surface area contributed by atoms with E-state index in [0.717, 1.165) is 21.9 Å². The molecule has 0 spiro atoms. The van der Waals surface area contributed by atoms with Crippen molar-refractivity contribution in [1.29, 1.82) is 0 Å². The number of carbonyl (C=O) groups excluding carboxylic acids is 2. The first-order valence-corrected chi connectivity index (χ1v) is 9.75. The summed E-state index contributed by atoms with van der Waals surface area (Å²) in [7, 11) is 2.80. The number of carbonyl (C=O) groups is 2. The SMILES string of the molecule is COC(=O)[C@@H](CO)N(CCNCc1ccc(OC)cc1)OC(=O)OCc1ccccc1. The maximum atomic E-state index is 12.1. The zero-order valence-electron chi connectivity index (χ0n) is 17.7. The molecule has 0 aromatic heterocycles. The summed E-state index contributed by atoms with van der Waals surface area (Å²) in [5.74, 6) is 0.0368. The van der Waals surface area contributed by atoms with Crippen molar-refractivity contribution < 1.29 is 33.7 Å². The quantitative estimate of drug-likeness (QED) is 0.295. The Bertz CT molecular complexity index is 799. The third kappa shape index (κ3) is 8.25. The van der Waals surface area contributed by atoms with Gasteiger partial charge in [0, 0.05) is 19.6 Å². The molecule has 31 heavy (non-hydrogen) atoms. The van der Waals surface area contributed by atoms with Crippen LogP contribution in [-0.4, -0.2) is 62.3 Å². The van der Waals surface area contributed by atoms with Gasteiger partial charge in [0.2, 0.25) is 0 Å². The van der Waals surface area contributed by atoms with Crippen LogP contribution in [-0.2, 0) is 32.3 Å². The molecular weight excluding hydrogens is 404 g/mol. The molecule has 0 fully saturated rings. The first kappa shape index (κ1) is 24.1. The second-order valence-corrected chi connectivity index (χ2v) is 6.50. The number of hydrogen-bond donors (Lipinski definition) is 2. The zero-order valence-corrected chi connectivity index (χ0v) is 17.7. The van der Waals surface area contributed by atoms with Crippen LogP contribution in [0, 0.1) is 0 Å². The van der Waals surface area contributed by atoms with E-state index in [9.17, 15) is 14.7 Å². The van der Waals surface area contributed by atoms with Crippen molar-refractivity contribution in [3.05, 3.63) is 65.7 Å². The lowest BCUT2D eigenvalue weighted by Crippen LogP contribution is -2.48. The van der Waals surface area contributed by atoms with Crippen LogP contribution >= 0.6 is 0 Å². The summed E-state index contributed by atoms with van der Waals surface area (Å²) >= 11 is 0. The number of benzene rings is 2. The van der Waals surface area contributed by atoms with Crippen molar-refractivity contribution in [3.8, 4) is 5.75 Å². The highest BCUT2D eigenvalue weighted by Crippen LogP contribution is 2.11. The van der Waals surface area contributed by atoms with E-state index in [1.165, 1.54) is 7.11 Å². The number of nitrogens with zero attached hydrogens (tertiary/aromatic N) is 1. The van der Waals surface area contributed by atoms with Gasteiger partial charge in [-0.05, 0) is 23.3 Å². The molecule has 0 aliphatic heterocycles. The Labute approximate surface area is 181 Å². The van der Waals surface area contributed by atoms with Crippen molar-refractivity contribution in [2.75, 3.05) is 33.9 Å². The second kappa shape index (κ2) is 13.2. The van der Waals surface area contributed by atoms with Crippen LogP contribution < -0.4 is 10.1 Å². The van der Waals surface area contributed by atoms with Gasteiger partial charge in [-0.25, -0.2) is 4.79 Å². The molecule has 0 aliphatic carbocycles. The van der Waals surface area contributed by atoms with Crippen LogP contribution in [0.15, 0.2) is 54.6 Å². The fraction of sp³-hybridized carbons (Fsp3) is 0.364. The minimum absolute atomic E-state index is 0.0191. The van der Waals surface area contributed by atoms with E-state index in [-0.39, 0.29) is 13.2 Å². The first-order valence-electron chi connectivity index (χ1n) is 9.75. The molecule has 0 amide bonds. The number of hydrogen-bond acceptors (Lipinski definition) is 9. The van der Waals surface area contributed by atoms with E-state index in [4.69, 9.17) is 14.3 Å². The topological polar surface area (TPSA) is 107 Å². The molecule has 0 radical (unpaired) electrons. The van der Waals surface area contributed by atoms with Crippen LogP contribution in [0.4, 0.5) is 4.79 Å². The number of aliphatic hydroxyl groups is 1. The zero-order chi connectivity index (χ0) is 22.5. The molecule has 168 valence electrons. The molecule has 0 unspecified atom stereocenters. The predicted molar refractivity (Wildman–Crippen MR) is 112 cm³/mol. The van der Waals surface area contributed by atoms with Crippen molar-refractivity contribution >= 4 is 12.1 Å². The van der Waals surface area contributed by atoms with Gasteiger partial charge in [0.05, 0.1) is 20.8 Å². The number of esters is 1. The average molecular weight is 432 g/mol. The molecule has 2 aromatic rings. The van der Waals surface area contributed by atoms with Gasteiger partial charge in [-0.1, -0.05) is 42.5 Å². The highest BCUT2D eigenvalue weighted by molar-refractivity contribution is 5.75. The fourth-order valence-electron chi connectivity index (χ4n) is 2.69. The Hall–Kier alpha value is -3.14. The van der Waals surface area contributed by atoms with E-state index >= 15 is 0 Å². The average Bonchev–Trinajstić information content (AvgIpc) is 2.81. The maximum absolute atomic E-state index is 12.1. The van der Waals surface area contributed by atoms with Crippen LogP contribution in [0.1, 0.15) is 11.1 Å². The van der Waals surface area contributed by atoms with Gasteiger partial charge >= 0.3 is 12.1 Å². The van der Waals surface area contributed by atoms with Gasteiger partial charge < -0.3 is 29.5 Å². The van der Waals surface area contributed by atoms with Crippen LogP contribution in [0.25, 0.3) is 0 Å². The van der Waals surface area contributed by atoms with Crippen molar-refractivity contribution in [2.45, 2.75) is 19.2 Å². The molecule has 1 atom stereocenters. The van der Waals surface area contributed by atoms with Gasteiger partial charge in [0.25, 0.3) is 0 Å². The number of aliphatic hydroxyl groups excluding tert-OH is 1. The van der Waals surface area contributed by atoms with E-state index in [1.54, 1.807) is 19.2 Å². The third-order valence-corrected chi connectivity index (χ3v) is 4.38. The lowest BCUT2D eigenvalue weighted by molar-refractivity contribution is -0.186. The van der Waals surface area contributed by atoms with E-state index in [2.05, 4.69) is 10.1 Å². The third-order valence-electron chi connectivity index (χ3n) is 4.38. The normalized spacial score (nSPS) is 11.6. The Morgan fingerprint density at radius 1 is 1.03 bits per heavy atom. The molecule has 0 bridgehead atoms. The minimum Gasteiger partial charge on any atom is -0.497 e. The van der Waals surface area contributed by atoms with E-state index < -0.39 is 24.8 Å². The lowest BCUT2D eigenvalue weighted by Gasteiger charge is -2.26. The molecule has 9 heteroatoms. The number of nitrogens with one attached hydrogen (secondary N) is 1. The first-order chi connectivity index (χ1) is 15.1. The number of ether oxygens (including phenoxy) is 3. The molecule has 0 heterocycles. The van der Waals surface area contributed by atoms with Gasteiger partial charge in [-0.3, -0.25) is 4.79 Å². The van der Waals surface area contributed by atoms with Gasteiger partial charge in [-0.2, -0.15) is 0 Å². The van der Waals surface area contributed by atoms with E-state index in [0.29, 0.717) is 13.1 Å². The monoisotopic (exact) mass is 432 g/mol. The Balaban J connectivity index is 1.89. The largest absolute Gasteiger partial charge is 0.528 e. The molecule has 0 aliphatic rings. The molecular formula is C22H28N2O7. The van der Waals surface area contributed by atoms with Crippen LogP contribution in [0.5, 0.6) is 5.75 Å². The summed E-state index contributed by atoms with van der Waals surface area (Å²) in [4.78, 5) is 29.3. The van der Waals surface area contributed by atoms with Gasteiger partial charge in [0.15, 0.2) is 6.04 Å². The maximum Gasteiger partial charge on any atom is 0.528 e. The Morgan fingerprint density at radius 2 is 1.74 bits per heavy atom. The van der Waals surface area contributed by atoms with Crippen LogP contribution in [0.3, 0.4) is 0 Å². The Morgan fingerprint density at radius 3 is 2.35 bits per heavy atom. The lowest BCUT2D eigenvalue weighted by atomic mass is 10.2. The molecule has 9 nitrogen and oxygen atoms in total. The van der Waals surface area contributed by atoms with Crippen molar-refractivity contribution in [1.82, 2.24) is 10.4 Å².